The molecule has 0 amide bonds. The van der Waals surface area contributed by atoms with Crippen molar-refractivity contribution in [1.82, 2.24) is 0 Å². The summed E-state index contributed by atoms with van der Waals surface area (Å²) in [6.45, 7) is 17.9. The van der Waals surface area contributed by atoms with E-state index in [4.69, 9.17) is 33.2 Å². The fourth-order valence-electron chi connectivity index (χ4n) is 2.62. The van der Waals surface area contributed by atoms with Crippen molar-refractivity contribution in [2.45, 2.75) is 87.6 Å². The van der Waals surface area contributed by atoms with Crippen molar-refractivity contribution in [3.05, 3.63) is 12.1 Å². The first-order chi connectivity index (χ1) is 15.1. The van der Waals surface area contributed by atoms with Crippen LogP contribution in [0.15, 0.2) is 12.1 Å². The Labute approximate surface area is 192 Å². The monoisotopic (exact) mass is 456 g/mol. The molecule has 1 aromatic rings. The Morgan fingerprint density at radius 1 is 0.781 bits per heavy atom. The van der Waals surface area contributed by atoms with Crippen LogP contribution in [0.2, 0.25) is 0 Å². The number of carbonyl (C=O) groups is 1. The zero-order chi connectivity index (χ0) is 24.3. The van der Waals surface area contributed by atoms with Gasteiger partial charge in [-0.05, 0) is 61.8 Å². The summed E-state index contributed by atoms with van der Waals surface area (Å²) in [6.07, 6.45) is -1.07. The van der Waals surface area contributed by atoms with Crippen LogP contribution >= 0.6 is 0 Å². The zero-order valence-electron chi connectivity index (χ0n) is 21.0. The minimum absolute atomic E-state index is 0.269. The molecule has 8 heteroatoms. The van der Waals surface area contributed by atoms with E-state index in [9.17, 15) is 4.79 Å². The van der Waals surface area contributed by atoms with Gasteiger partial charge in [0.15, 0.2) is 30.4 Å². The fourth-order valence-corrected chi connectivity index (χ4v) is 2.62. The Kier molecular flexibility index (Phi) is 11.8. The molecule has 0 aliphatic heterocycles. The molecule has 3 unspecified atom stereocenters. The molecule has 0 aliphatic carbocycles. The maximum Gasteiger partial charge on any atom is 0.316 e. The lowest BCUT2D eigenvalue weighted by atomic mass is 9.91. The Hall–Kier alpha value is -2.03. The lowest BCUT2D eigenvalue weighted by molar-refractivity contribution is -0.144. The quantitative estimate of drug-likeness (QED) is 0.199. The van der Waals surface area contributed by atoms with Gasteiger partial charge in [0, 0.05) is 32.0 Å². The molecule has 0 bridgehead atoms. The molecule has 0 fully saturated rings. The van der Waals surface area contributed by atoms with Crippen LogP contribution in [0, 0.1) is 5.41 Å². The van der Waals surface area contributed by atoms with Crippen molar-refractivity contribution >= 4 is 5.97 Å². The van der Waals surface area contributed by atoms with Gasteiger partial charge in [-0.2, -0.15) is 0 Å². The van der Waals surface area contributed by atoms with Crippen LogP contribution in [0.5, 0.6) is 23.0 Å². The van der Waals surface area contributed by atoms with Crippen molar-refractivity contribution < 1.29 is 38.0 Å². The third-order valence-corrected chi connectivity index (χ3v) is 4.72. The second-order valence-electron chi connectivity index (χ2n) is 7.80. The predicted octanol–water partition coefficient (Wildman–Crippen LogP) is 5.31. The molecule has 8 nitrogen and oxygen atoms in total. The van der Waals surface area contributed by atoms with Gasteiger partial charge in [-0.25, -0.2) is 0 Å². The molecular weight excluding hydrogens is 416 g/mol. The molecule has 0 saturated carbocycles. The van der Waals surface area contributed by atoms with Crippen LogP contribution in [-0.2, 0) is 19.0 Å². The maximum absolute atomic E-state index is 12.7. The average molecular weight is 457 g/mol. The first kappa shape index (κ1) is 28.0. The predicted molar refractivity (Wildman–Crippen MR) is 121 cm³/mol. The summed E-state index contributed by atoms with van der Waals surface area (Å²) in [5, 5.41) is 0. The summed E-state index contributed by atoms with van der Waals surface area (Å²) in [7, 11) is 0. The fraction of sp³-hybridized carbons (Fsp3) is 0.708. The average Bonchev–Trinajstić information content (AvgIpc) is 2.71. The smallest absolute Gasteiger partial charge is 0.316 e. The van der Waals surface area contributed by atoms with Crippen molar-refractivity contribution in [2.24, 2.45) is 5.41 Å². The topological polar surface area (TPSA) is 81.7 Å². The largest absolute Gasteiger partial charge is 0.461 e. The van der Waals surface area contributed by atoms with Gasteiger partial charge in [0.1, 0.15) is 5.75 Å². The van der Waals surface area contributed by atoms with Crippen LogP contribution in [0.1, 0.15) is 68.7 Å². The Morgan fingerprint density at radius 2 is 1.19 bits per heavy atom. The van der Waals surface area contributed by atoms with Crippen molar-refractivity contribution in [3.63, 3.8) is 0 Å². The minimum atomic E-state index is -0.641. The van der Waals surface area contributed by atoms with Gasteiger partial charge < -0.3 is 33.2 Å². The van der Waals surface area contributed by atoms with E-state index < -0.39 is 24.3 Å². The highest BCUT2D eigenvalue weighted by Gasteiger charge is 2.29. The van der Waals surface area contributed by atoms with Crippen molar-refractivity contribution in [1.29, 1.82) is 0 Å². The molecule has 0 saturated heterocycles. The molecule has 184 valence electrons. The molecule has 0 aromatic heterocycles. The lowest BCUT2D eigenvalue weighted by Crippen LogP contribution is -2.28. The van der Waals surface area contributed by atoms with E-state index >= 15 is 0 Å². The number of ether oxygens (including phenoxy) is 7. The van der Waals surface area contributed by atoms with E-state index in [-0.39, 0.29) is 11.7 Å². The molecule has 1 aromatic carbocycles. The van der Waals surface area contributed by atoms with Gasteiger partial charge in [0.25, 0.3) is 0 Å². The first-order valence-electron chi connectivity index (χ1n) is 11.3. The Bertz CT molecular complexity index is 668. The normalized spacial score (nSPS) is 14.4. The highest BCUT2D eigenvalue weighted by atomic mass is 16.7. The van der Waals surface area contributed by atoms with Gasteiger partial charge in [-0.15, -0.1) is 0 Å². The van der Waals surface area contributed by atoms with Crippen molar-refractivity contribution in [2.75, 3.05) is 19.8 Å². The maximum atomic E-state index is 12.7. The summed E-state index contributed by atoms with van der Waals surface area (Å²) >= 11 is 0. The minimum Gasteiger partial charge on any atom is -0.461 e. The SMILES string of the molecule is CCOC(C)Oc1cc(OC(=O)C(C)(C)CC)cc(OC(C)OCC)c1OC(C)OCC. The molecule has 32 heavy (non-hydrogen) atoms. The second-order valence-corrected chi connectivity index (χ2v) is 7.80. The van der Waals surface area contributed by atoms with E-state index in [1.165, 1.54) is 0 Å². The van der Waals surface area contributed by atoms with Crippen LogP contribution in [-0.4, -0.2) is 44.7 Å². The third kappa shape index (κ3) is 8.84. The summed E-state index contributed by atoms with van der Waals surface area (Å²) in [6, 6.07) is 3.18. The number of hydrogen-bond acceptors (Lipinski definition) is 8. The number of hydrogen-bond donors (Lipinski definition) is 0. The summed E-state index contributed by atoms with van der Waals surface area (Å²) in [4.78, 5) is 12.7. The molecule has 0 spiro atoms. The lowest BCUT2D eigenvalue weighted by Gasteiger charge is -2.25. The molecule has 0 N–H and O–H groups in total. The van der Waals surface area contributed by atoms with Crippen molar-refractivity contribution in [3.8, 4) is 23.0 Å². The van der Waals surface area contributed by atoms with Crippen LogP contribution in [0.4, 0.5) is 0 Å². The molecule has 0 aliphatic rings. The van der Waals surface area contributed by atoms with Gasteiger partial charge in [-0.1, -0.05) is 6.92 Å². The van der Waals surface area contributed by atoms with Gasteiger partial charge in [0.2, 0.25) is 5.75 Å². The molecule has 1 rings (SSSR count). The highest BCUT2D eigenvalue weighted by Crippen LogP contribution is 2.43. The van der Waals surface area contributed by atoms with E-state index in [1.54, 1.807) is 32.9 Å². The number of rotatable bonds is 15. The standard InChI is InChI=1S/C24H40O8/c1-10-24(8,9)23(25)32-19-14-20(29-16(5)26-11-2)22(31-18(7)28-13-4)21(15-19)30-17(6)27-12-3/h14-18H,10-13H2,1-9H3. The second kappa shape index (κ2) is 13.5. The van der Waals surface area contributed by atoms with Gasteiger partial charge in [0.05, 0.1) is 5.41 Å². The zero-order valence-corrected chi connectivity index (χ0v) is 21.0. The number of benzene rings is 1. The first-order valence-corrected chi connectivity index (χ1v) is 11.3. The Morgan fingerprint density at radius 3 is 1.56 bits per heavy atom. The van der Waals surface area contributed by atoms with Crippen LogP contribution in [0.3, 0.4) is 0 Å². The summed E-state index contributed by atoms with van der Waals surface area (Å²) in [5.41, 5.74) is -0.641. The third-order valence-electron chi connectivity index (χ3n) is 4.72. The Balaban J connectivity index is 3.46. The van der Waals surface area contributed by atoms with Gasteiger partial charge >= 0.3 is 5.97 Å². The molecule has 3 atom stereocenters. The molecule has 0 radical (unpaired) electrons. The highest BCUT2D eigenvalue weighted by molar-refractivity contribution is 5.78. The van der Waals surface area contributed by atoms with E-state index in [0.29, 0.717) is 43.5 Å². The van der Waals surface area contributed by atoms with Crippen LogP contribution in [0.25, 0.3) is 0 Å². The molecular formula is C24H40O8. The van der Waals surface area contributed by atoms with E-state index in [0.717, 1.165) is 0 Å². The number of esters is 1. The summed E-state index contributed by atoms with van der Waals surface area (Å²) in [5.74, 6) is 0.819. The molecule has 0 heterocycles. The van der Waals surface area contributed by atoms with Crippen LogP contribution < -0.4 is 18.9 Å². The van der Waals surface area contributed by atoms with Gasteiger partial charge in [-0.3, -0.25) is 4.79 Å². The summed E-state index contributed by atoms with van der Waals surface area (Å²) < 4.78 is 40.2. The van der Waals surface area contributed by atoms with E-state index in [1.807, 2.05) is 41.5 Å². The number of carbonyl (C=O) groups excluding carboxylic acids is 1. The van der Waals surface area contributed by atoms with E-state index in [2.05, 4.69) is 0 Å².